The third kappa shape index (κ3) is 3.08. The van der Waals surface area contributed by atoms with E-state index in [-0.39, 0.29) is 0 Å². The highest BCUT2D eigenvalue weighted by Gasteiger charge is 2.18. The van der Waals surface area contributed by atoms with E-state index in [1.54, 1.807) is 32.4 Å². The number of rotatable bonds is 5. The Hall–Kier alpha value is -2.32. The molecular weight excluding hydrogens is 364 g/mol. The Bertz CT molecular complexity index is 815. The van der Waals surface area contributed by atoms with Gasteiger partial charge in [0, 0.05) is 0 Å². The summed E-state index contributed by atoms with van der Waals surface area (Å²) in [5, 5.41) is 6.98. The van der Waals surface area contributed by atoms with E-state index in [1.165, 1.54) is 0 Å². The molecular formula is C15H15BrN4O3. The van der Waals surface area contributed by atoms with Gasteiger partial charge >= 0.3 is 0 Å². The van der Waals surface area contributed by atoms with Crippen LogP contribution in [0, 0.1) is 0 Å². The van der Waals surface area contributed by atoms with Crippen LogP contribution in [0.5, 0.6) is 11.5 Å². The molecule has 0 saturated carbocycles. The zero-order valence-electron chi connectivity index (χ0n) is 12.5. The number of hydrogen-bond donors (Lipinski definition) is 2. The van der Waals surface area contributed by atoms with Crippen molar-refractivity contribution in [2.75, 3.05) is 14.2 Å². The first-order chi connectivity index (χ1) is 11.1. The summed E-state index contributed by atoms with van der Waals surface area (Å²) in [6.07, 6.45) is 0. The SMILES string of the molecule is COc1ccc(C(N)c2nc(-c3ccc(Br)o3)n[nH]2)cc1OC. The summed E-state index contributed by atoms with van der Waals surface area (Å²) in [6.45, 7) is 0. The van der Waals surface area contributed by atoms with Gasteiger partial charge in [-0.15, -0.1) is 5.10 Å². The van der Waals surface area contributed by atoms with E-state index in [0.717, 1.165) is 5.56 Å². The van der Waals surface area contributed by atoms with Crippen LogP contribution in [0.25, 0.3) is 11.6 Å². The van der Waals surface area contributed by atoms with Crippen molar-refractivity contribution in [2.45, 2.75) is 6.04 Å². The molecule has 0 bridgehead atoms. The largest absolute Gasteiger partial charge is 0.493 e. The summed E-state index contributed by atoms with van der Waals surface area (Å²) in [5.74, 6) is 2.78. The first kappa shape index (κ1) is 15.6. The maximum atomic E-state index is 6.26. The van der Waals surface area contributed by atoms with Gasteiger partial charge < -0.3 is 19.6 Å². The number of halogens is 1. The molecule has 1 aromatic carbocycles. The van der Waals surface area contributed by atoms with E-state index >= 15 is 0 Å². The Morgan fingerprint density at radius 1 is 1.17 bits per heavy atom. The lowest BCUT2D eigenvalue weighted by molar-refractivity contribution is 0.354. The van der Waals surface area contributed by atoms with Gasteiger partial charge in [-0.1, -0.05) is 6.07 Å². The molecule has 0 radical (unpaired) electrons. The molecule has 0 spiro atoms. The summed E-state index contributed by atoms with van der Waals surface area (Å²) in [7, 11) is 3.16. The molecule has 2 heterocycles. The summed E-state index contributed by atoms with van der Waals surface area (Å²) < 4.78 is 16.6. The second-order valence-electron chi connectivity index (χ2n) is 4.74. The topological polar surface area (TPSA) is 99.2 Å². The normalized spacial score (nSPS) is 12.2. The van der Waals surface area contributed by atoms with Crippen molar-refractivity contribution >= 4 is 15.9 Å². The van der Waals surface area contributed by atoms with Gasteiger partial charge in [0.05, 0.1) is 20.3 Å². The average molecular weight is 379 g/mol. The van der Waals surface area contributed by atoms with Crippen LogP contribution in [0.1, 0.15) is 17.4 Å². The summed E-state index contributed by atoms with van der Waals surface area (Å²) in [4.78, 5) is 4.39. The number of aromatic nitrogens is 3. The number of methoxy groups -OCH3 is 2. The number of benzene rings is 1. The highest BCUT2D eigenvalue weighted by molar-refractivity contribution is 9.10. The van der Waals surface area contributed by atoms with E-state index in [9.17, 15) is 0 Å². The second kappa shape index (κ2) is 6.43. The van der Waals surface area contributed by atoms with Crippen LogP contribution in [0.15, 0.2) is 39.4 Å². The van der Waals surface area contributed by atoms with E-state index in [0.29, 0.717) is 33.6 Å². The van der Waals surface area contributed by atoms with Crippen LogP contribution in [0.4, 0.5) is 0 Å². The second-order valence-corrected chi connectivity index (χ2v) is 5.52. The van der Waals surface area contributed by atoms with Gasteiger partial charge in [-0.25, -0.2) is 4.98 Å². The lowest BCUT2D eigenvalue weighted by Crippen LogP contribution is -2.14. The van der Waals surface area contributed by atoms with Crippen molar-refractivity contribution in [3.8, 4) is 23.1 Å². The predicted octanol–water partition coefficient (Wildman–Crippen LogP) is 2.89. The molecule has 1 atom stereocenters. The van der Waals surface area contributed by atoms with Crippen LogP contribution >= 0.6 is 15.9 Å². The molecule has 120 valence electrons. The minimum Gasteiger partial charge on any atom is -0.493 e. The molecule has 0 aliphatic heterocycles. The minimum absolute atomic E-state index is 0.446. The van der Waals surface area contributed by atoms with E-state index in [1.807, 2.05) is 12.1 Å². The van der Waals surface area contributed by atoms with Crippen LogP contribution in [0.3, 0.4) is 0 Å². The van der Waals surface area contributed by atoms with Crippen LogP contribution in [-0.4, -0.2) is 29.4 Å². The summed E-state index contributed by atoms with van der Waals surface area (Å²) in [6, 6.07) is 8.55. The van der Waals surface area contributed by atoms with Crippen LogP contribution < -0.4 is 15.2 Å². The van der Waals surface area contributed by atoms with Gasteiger partial charge in [0.25, 0.3) is 0 Å². The molecule has 0 aliphatic carbocycles. The molecule has 0 saturated heterocycles. The maximum absolute atomic E-state index is 6.26. The molecule has 0 aliphatic rings. The van der Waals surface area contributed by atoms with Crippen molar-refractivity contribution in [1.29, 1.82) is 0 Å². The fourth-order valence-corrected chi connectivity index (χ4v) is 2.47. The molecule has 8 heteroatoms. The number of hydrogen-bond acceptors (Lipinski definition) is 6. The van der Waals surface area contributed by atoms with Gasteiger partial charge in [0.1, 0.15) is 5.82 Å². The zero-order valence-corrected chi connectivity index (χ0v) is 14.1. The number of nitrogens with zero attached hydrogens (tertiary/aromatic N) is 2. The molecule has 3 rings (SSSR count). The Labute approximate surface area is 140 Å². The van der Waals surface area contributed by atoms with E-state index in [2.05, 4.69) is 31.1 Å². The Kier molecular flexibility index (Phi) is 4.35. The Morgan fingerprint density at radius 2 is 1.96 bits per heavy atom. The van der Waals surface area contributed by atoms with Crippen molar-refractivity contribution in [1.82, 2.24) is 15.2 Å². The molecule has 7 nitrogen and oxygen atoms in total. The van der Waals surface area contributed by atoms with Gasteiger partial charge in [-0.05, 0) is 45.8 Å². The molecule has 0 amide bonds. The van der Waals surface area contributed by atoms with Crippen molar-refractivity contribution < 1.29 is 13.9 Å². The highest BCUT2D eigenvalue weighted by atomic mass is 79.9. The fourth-order valence-electron chi connectivity index (χ4n) is 2.16. The number of nitrogens with one attached hydrogen (secondary N) is 1. The lowest BCUT2D eigenvalue weighted by atomic mass is 10.1. The molecule has 3 N–H and O–H groups in total. The van der Waals surface area contributed by atoms with E-state index in [4.69, 9.17) is 19.6 Å². The first-order valence-corrected chi connectivity index (χ1v) is 7.57. The molecule has 23 heavy (non-hydrogen) atoms. The maximum Gasteiger partial charge on any atom is 0.217 e. The van der Waals surface area contributed by atoms with Crippen LogP contribution in [-0.2, 0) is 0 Å². The third-order valence-corrected chi connectivity index (χ3v) is 3.78. The van der Waals surface area contributed by atoms with Crippen molar-refractivity contribution in [3.05, 3.63) is 46.4 Å². The van der Waals surface area contributed by atoms with E-state index < -0.39 is 6.04 Å². The molecule has 2 aromatic heterocycles. The predicted molar refractivity (Wildman–Crippen MR) is 87.4 cm³/mol. The monoisotopic (exact) mass is 378 g/mol. The molecule has 3 aromatic rings. The number of H-pyrrole nitrogens is 1. The quantitative estimate of drug-likeness (QED) is 0.707. The minimum atomic E-state index is -0.477. The number of nitrogens with two attached hydrogens (primary N) is 1. The summed E-state index contributed by atoms with van der Waals surface area (Å²) in [5.41, 5.74) is 7.08. The van der Waals surface area contributed by atoms with Crippen LogP contribution in [0.2, 0.25) is 0 Å². The van der Waals surface area contributed by atoms with Crippen molar-refractivity contribution in [2.24, 2.45) is 5.73 Å². The standard InChI is InChI=1S/C15H15BrN4O3/c1-21-9-4-3-8(7-11(9)22-2)13(17)15-18-14(19-20-15)10-5-6-12(16)23-10/h3-7,13H,17H2,1-2H3,(H,18,19,20). The van der Waals surface area contributed by atoms with Crippen molar-refractivity contribution in [3.63, 3.8) is 0 Å². The number of aromatic amines is 1. The number of ether oxygens (including phenoxy) is 2. The molecule has 1 unspecified atom stereocenters. The fraction of sp³-hybridized carbons (Fsp3) is 0.200. The molecule has 0 fully saturated rings. The van der Waals surface area contributed by atoms with Gasteiger partial charge in [0.15, 0.2) is 21.9 Å². The highest BCUT2D eigenvalue weighted by Crippen LogP contribution is 2.31. The zero-order chi connectivity index (χ0) is 16.4. The number of furan rings is 1. The first-order valence-electron chi connectivity index (χ1n) is 6.78. The Morgan fingerprint density at radius 3 is 2.61 bits per heavy atom. The summed E-state index contributed by atoms with van der Waals surface area (Å²) >= 11 is 3.25. The van der Waals surface area contributed by atoms with Gasteiger partial charge in [0.2, 0.25) is 5.82 Å². The lowest BCUT2D eigenvalue weighted by Gasteiger charge is -2.12. The third-order valence-electron chi connectivity index (χ3n) is 3.36. The Balaban J connectivity index is 1.89. The average Bonchev–Trinajstić information content (AvgIpc) is 3.22. The van der Waals surface area contributed by atoms with Gasteiger partial charge in [-0.2, -0.15) is 0 Å². The smallest absolute Gasteiger partial charge is 0.217 e. The van der Waals surface area contributed by atoms with Gasteiger partial charge in [-0.3, -0.25) is 5.10 Å².